The predicted molar refractivity (Wildman–Crippen MR) is 108 cm³/mol. The molecule has 0 saturated carbocycles. The third-order valence-electron chi connectivity index (χ3n) is 5.54. The van der Waals surface area contributed by atoms with Crippen LogP contribution in [0.5, 0.6) is 0 Å². The van der Waals surface area contributed by atoms with Crippen molar-refractivity contribution in [2.24, 2.45) is 7.05 Å². The lowest BCUT2D eigenvalue weighted by atomic mass is 10.0. The van der Waals surface area contributed by atoms with Crippen LogP contribution in [-0.2, 0) is 24.9 Å². The van der Waals surface area contributed by atoms with Gasteiger partial charge < -0.3 is 15.0 Å². The number of anilines is 1. The van der Waals surface area contributed by atoms with E-state index in [0.717, 1.165) is 18.7 Å². The highest BCUT2D eigenvalue weighted by Gasteiger charge is 2.26. The summed E-state index contributed by atoms with van der Waals surface area (Å²) in [6.45, 7) is 3.72. The monoisotopic (exact) mass is 390 g/mol. The molecule has 1 aromatic carbocycles. The number of ether oxygens (including phenoxy) is 1. The highest BCUT2D eigenvalue weighted by Crippen LogP contribution is 2.28. The fraction of sp³-hybridized carbons (Fsp3) is 0.333. The standard InChI is InChI=1S/C21H22N6O2/c1-26-20(28)9-18(17-4-5-22-13-24-17)25-21(26)27-6-7-29-19(12-27)14-2-3-15-10-23-11-16(15)8-14/h2-5,8-9,13,19,23H,6-7,10-12H2,1H3. The van der Waals surface area contributed by atoms with Crippen LogP contribution >= 0.6 is 0 Å². The van der Waals surface area contributed by atoms with Crippen LogP contribution in [0.2, 0.25) is 0 Å². The highest BCUT2D eigenvalue weighted by atomic mass is 16.5. The normalized spacial score (nSPS) is 18.7. The summed E-state index contributed by atoms with van der Waals surface area (Å²) in [5.41, 5.74) is 4.92. The Labute approximate surface area is 168 Å². The van der Waals surface area contributed by atoms with E-state index in [-0.39, 0.29) is 11.7 Å². The second-order valence-corrected chi connectivity index (χ2v) is 7.37. The summed E-state index contributed by atoms with van der Waals surface area (Å²) in [6.07, 6.45) is 3.05. The molecule has 4 heterocycles. The molecule has 3 aromatic rings. The van der Waals surface area contributed by atoms with E-state index in [9.17, 15) is 4.79 Å². The maximum absolute atomic E-state index is 12.6. The predicted octanol–water partition coefficient (Wildman–Crippen LogP) is 1.42. The molecule has 2 aliphatic heterocycles. The first-order valence-corrected chi connectivity index (χ1v) is 9.72. The van der Waals surface area contributed by atoms with E-state index >= 15 is 0 Å². The molecule has 0 radical (unpaired) electrons. The summed E-state index contributed by atoms with van der Waals surface area (Å²) in [4.78, 5) is 27.6. The van der Waals surface area contributed by atoms with Crippen LogP contribution < -0.4 is 15.8 Å². The van der Waals surface area contributed by atoms with Crippen molar-refractivity contribution in [3.63, 3.8) is 0 Å². The van der Waals surface area contributed by atoms with Crippen LogP contribution in [0, 0.1) is 0 Å². The van der Waals surface area contributed by atoms with Crippen molar-refractivity contribution in [3.8, 4) is 11.4 Å². The number of morpholine rings is 1. The molecule has 2 aliphatic rings. The lowest BCUT2D eigenvalue weighted by molar-refractivity contribution is 0.0389. The number of fused-ring (bicyclic) bond motifs is 1. The number of hydrogen-bond donors (Lipinski definition) is 1. The average molecular weight is 390 g/mol. The molecule has 2 aromatic heterocycles. The van der Waals surface area contributed by atoms with E-state index in [2.05, 4.69) is 38.4 Å². The van der Waals surface area contributed by atoms with Gasteiger partial charge in [-0.15, -0.1) is 0 Å². The van der Waals surface area contributed by atoms with Gasteiger partial charge in [0.05, 0.1) is 24.5 Å². The fourth-order valence-corrected chi connectivity index (χ4v) is 3.93. The van der Waals surface area contributed by atoms with E-state index in [4.69, 9.17) is 9.72 Å². The van der Waals surface area contributed by atoms with Crippen LogP contribution in [0.15, 0.2) is 47.7 Å². The van der Waals surface area contributed by atoms with Crippen LogP contribution in [-0.4, -0.2) is 39.2 Å². The van der Waals surface area contributed by atoms with Gasteiger partial charge in [-0.2, -0.15) is 0 Å². The van der Waals surface area contributed by atoms with E-state index < -0.39 is 0 Å². The summed E-state index contributed by atoms with van der Waals surface area (Å²) in [5.74, 6) is 0.627. The van der Waals surface area contributed by atoms with Gasteiger partial charge in [-0.25, -0.2) is 15.0 Å². The van der Waals surface area contributed by atoms with Gasteiger partial charge in [0.15, 0.2) is 0 Å². The number of hydrogen-bond acceptors (Lipinski definition) is 7. The molecule has 8 nitrogen and oxygen atoms in total. The second-order valence-electron chi connectivity index (χ2n) is 7.37. The lowest BCUT2D eigenvalue weighted by Crippen LogP contribution is -2.41. The molecule has 1 atom stereocenters. The minimum absolute atomic E-state index is 0.0609. The lowest BCUT2D eigenvalue weighted by Gasteiger charge is -2.34. The average Bonchev–Trinajstić information content (AvgIpc) is 3.24. The first kappa shape index (κ1) is 18.0. The maximum Gasteiger partial charge on any atom is 0.255 e. The van der Waals surface area contributed by atoms with Crippen molar-refractivity contribution in [1.82, 2.24) is 24.8 Å². The molecule has 29 heavy (non-hydrogen) atoms. The molecule has 1 unspecified atom stereocenters. The Bertz CT molecular complexity index is 1100. The van der Waals surface area contributed by atoms with Crippen LogP contribution in [0.25, 0.3) is 11.4 Å². The smallest absolute Gasteiger partial charge is 0.255 e. The van der Waals surface area contributed by atoms with Gasteiger partial charge in [0.25, 0.3) is 5.56 Å². The molecule has 1 fully saturated rings. The minimum atomic E-state index is -0.116. The van der Waals surface area contributed by atoms with Crippen molar-refractivity contribution < 1.29 is 4.74 Å². The Morgan fingerprint density at radius 1 is 1.14 bits per heavy atom. The van der Waals surface area contributed by atoms with Gasteiger partial charge in [-0.3, -0.25) is 9.36 Å². The van der Waals surface area contributed by atoms with E-state index in [1.54, 1.807) is 23.9 Å². The van der Waals surface area contributed by atoms with Gasteiger partial charge in [-0.05, 0) is 22.8 Å². The highest BCUT2D eigenvalue weighted by molar-refractivity contribution is 5.55. The minimum Gasteiger partial charge on any atom is -0.370 e. The van der Waals surface area contributed by atoms with E-state index in [1.807, 2.05) is 0 Å². The van der Waals surface area contributed by atoms with Gasteiger partial charge in [0, 0.05) is 38.9 Å². The van der Waals surface area contributed by atoms with Crippen LogP contribution in [0.1, 0.15) is 22.8 Å². The summed E-state index contributed by atoms with van der Waals surface area (Å²) in [5, 5.41) is 3.38. The Balaban J connectivity index is 1.46. The largest absolute Gasteiger partial charge is 0.370 e. The van der Waals surface area contributed by atoms with Crippen molar-refractivity contribution >= 4 is 5.95 Å². The third kappa shape index (κ3) is 3.41. The number of nitrogens with one attached hydrogen (secondary N) is 1. The first-order valence-electron chi connectivity index (χ1n) is 9.72. The molecule has 0 bridgehead atoms. The first-order chi connectivity index (χ1) is 14.2. The van der Waals surface area contributed by atoms with Crippen molar-refractivity contribution in [1.29, 1.82) is 0 Å². The number of aromatic nitrogens is 4. The fourth-order valence-electron chi connectivity index (χ4n) is 3.93. The Kier molecular flexibility index (Phi) is 4.57. The summed E-state index contributed by atoms with van der Waals surface area (Å²) in [6, 6.07) is 9.82. The zero-order chi connectivity index (χ0) is 19.8. The number of nitrogens with zero attached hydrogens (tertiary/aromatic N) is 5. The molecule has 0 spiro atoms. The molecule has 5 rings (SSSR count). The maximum atomic E-state index is 12.6. The number of rotatable bonds is 3. The summed E-state index contributed by atoms with van der Waals surface area (Å²) >= 11 is 0. The summed E-state index contributed by atoms with van der Waals surface area (Å²) in [7, 11) is 1.75. The van der Waals surface area contributed by atoms with Crippen molar-refractivity contribution in [2.45, 2.75) is 19.2 Å². The van der Waals surface area contributed by atoms with Crippen LogP contribution in [0.3, 0.4) is 0 Å². The third-order valence-corrected chi connectivity index (χ3v) is 5.54. The molecule has 0 amide bonds. The molecule has 8 heteroatoms. The quantitative estimate of drug-likeness (QED) is 0.724. The Hall–Kier alpha value is -3.10. The molecular formula is C21H22N6O2. The van der Waals surface area contributed by atoms with E-state index in [0.29, 0.717) is 37.0 Å². The molecule has 1 N–H and O–H groups in total. The van der Waals surface area contributed by atoms with Crippen molar-refractivity contribution in [2.75, 3.05) is 24.6 Å². The van der Waals surface area contributed by atoms with Gasteiger partial charge in [0.1, 0.15) is 12.4 Å². The van der Waals surface area contributed by atoms with Gasteiger partial charge in [-0.1, -0.05) is 18.2 Å². The van der Waals surface area contributed by atoms with Gasteiger partial charge >= 0.3 is 0 Å². The van der Waals surface area contributed by atoms with Crippen molar-refractivity contribution in [3.05, 3.63) is 69.9 Å². The van der Waals surface area contributed by atoms with Gasteiger partial charge in [0.2, 0.25) is 5.95 Å². The molecule has 1 saturated heterocycles. The van der Waals surface area contributed by atoms with Crippen LogP contribution in [0.4, 0.5) is 5.95 Å². The Morgan fingerprint density at radius 2 is 2.03 bits per heavy atom. The SMILES string of the molecule is Cn1c(N2CCOC(c3ccc4c(c3)CNC4)C2)nc(-c2ccncn2)cc1=O. The summed E-state index contributed by atoms with van der Waals surface area (Å²) < 4.78 is 7.65. The number of benzene rings is 1. The topological polar surface area (TPSA) is 85.2 Å². The molecule has 148 valence electrons. The van der Waals surface area contributed by atoms with E-state index in [1.165, 1.54) is 23.5 Å². The Morgan fingerprint density at radius 3 is 2.90 bits per heavy atom. The zero-order valence-electron chi connectivity index (χ0n) is 16.2. The zero-order valence-corrected chi connectivity index (χ0v) is 16.2. The molecule has 0 aliphatic carbocycles. The molecular weight excluding hydrogens is 368 g/mol. The second kappa shape index (κ2) is 7.38.